The van der Waals surface area contributed by atoms with E-state index in [0.29, 0.717) is 75.4 Å². The lowest BCUT2D eigenvalue weighted by Gasteiger charge is -2.28. The van der Waals surface area contributed by atoms with Crippen molar-refractivity contribution in [3.8, 4) is 50.4 Å². The molecule has 0 bridgehead atoms. The summed E-state index contributed by atoms with van der Waals surface area (Å²) in [5, 5.41) is 44.8. The van der Waals surface area contributed by atoms with Gasteiger partial charge < -0.3 is 59.8 Å². The van der Waals surface area contributed by atoms with Crippen LogP contribution in [-0.2, 0) is 44.8 Å². The maximum absolute atomic E-state index is 14.0. The van der Waals surface area contributed by atoms with E-state index in [0.717, 1.165) is 139 Å². The van der Waals surface area contributed by atoms with Gasteiger partial charge in [0, 0.05) is 170 Å². The molecule has 624 valence electrons. The number of carbonyl (C=O) groups excluding carboxylic acids is 6. The van der Waals surface area contributed by atoms with E-state index in [9.17, 15) is 41.9 Å². The fourth-order valence-corrected chi connectivity index (χ4v) is 17.5. The molecular weight excluding hydrogens is 1550 g/mol. The SMILES string of the molecule is COCC(C)(C)c1c(-c2ccc(C(=O)NC3CCCNC3=O)cc2)c2cc3[nH]ncc3cc2n1-c1ccc(F)cc1.COCC(C)(C)c1c(-c2ccc(C(=O)NC3CCNC(=O)C3)cc2)c2cc3[nH]ncc3cc2n1-c1ccc(F)cc1.COCC(C)(C)c1c(-c2ccc(C(=O)N[C@@H]3CCNC3=O)cc2)c2cc3[nH]ncc3cc2n1-c1ccc(F)cc1. The van der Waals surface area contributed by atoms with Gasteiger partial charge in [-0.15, -0.1) is 0 Å². The maximum atomic E-state index is 14.0. The van der Waals surface area contributed by atoms with Crippen LogP contribution in [0.25, 0.3) is 116 Å². The zero-order valence-electron chi connectivity index (χ0n) is 69.1. The van der Waals surface area contributed by atoms with E-state index in [4.69, 9.17) is 14.2 Å². The molecular formula is C95H94F3N15O9. The fourth-order valence-electron chi connectivity index (χ4n) is 17.5. The molecule has 15 aromatic rings. The summed E-state index contributed by atoms with van der Waals surface area (Å²) in [7, 11) is 5.05. The number of nitrogens with one attached hydrogen (secondary N) is 9. The summed E-state index contributed by atoms with van der Waals surface area (Å²) in [6.07, 6.45) is 8.39. The molecule has 9 N–H and O–H groups in total. The minimum Gasteiger partial charge on any atom is -0.384 e. The van der Waals surface area contributed by atoms with E-state index in [1.165, 1.54) is 36.4 Å². The van der Waals surface area contributed by atoms with Gasteiger partial charge in [0.05, 0.1) is 71.5 Å². The molecule has 6 amide bonds. The van der Waals surface area contributed by atoms with Crippen LogP contribution in [0.4, 0.5) is 13.2 Å². The monoisotopic (exact) mass is 1650 g/mol. The number of fused-ring (bicyclic) bond motifs is 6. The van der Waals surface area contributed by atoms with Crippen molar-refractivity contribution < 1.29 is 56.1 Å². The van der Waals surface area contributed by atoms with Gasteiger partial charge in [-0.05, 0) is 188 Å². The standard InChI is InChI=1S/2C32H32FN5O3.C31H30FN5O3/c1-32(2,18-41-3)30-29(19-4-6-20(7-5-19)31(40)36-23-12-13-34-28(39)15-23)25-16-26-21(17-35-37-26)14-27(25)38(30)24-10-8-22(33)9-11-24;1-32(2,18-41-3)29-28(19-6-8-20(9-7-19)30(39)36-25-5-4-14-34-31(25)40)24-16-26-21(17-35-37-26)15-27(24)38(29)23-12-10-22(33)11-13-23;1-31(2,17-40-3)28-27(18-4-6-19(7-5-18)29(38)35-24-12-13-33-30(24)39)23-15-25-20(16-34-36-25)14-26(23)37(28)22-10-8-21(32)9-11-22/h4-11,14,16-17,23H,12-13,15,18H2,1-3H3,(H,34,39)(H,35,37)(H,36,40);6-13,15-17,25H,4-5,14,18H2,1-3H3,(H,34,40)(H,35,37)(H,36,39);4-11,14-16,24H,12-13,17H2,1-3H3,(H,33,39)(H,34,36)(H,35,38)/t;;24-/m..1/s1. The second kappa shape index (κ2) is 34.0. The van der Waals surface area contributed by atoms with Gasteiger partial charge in [-0.3, -0.25) is 44.1 Å². The molecule has 0 aliphatic carbocycles. The zero-order chi connectivity index (χ0) is 85.5. The van der Waals surface area contributed by atoms with Crippen LogP contribution in [0.1, 0.15) is 122 Å². The highest BCUT2D eigenvalue weighted by atomic mass is 19.1. The van der Waals surface area contributed by atoms with E-state index >= 15 is 0 Å². The van der Waals surface area contributed by atoms with E-state index in [2.05, 4.69) is 154 Å². The molecule has 3 aliphatic heterocycles. The van der Waals surface area contributed by atoms with Gasteiger partial charge in [-0.2, -0.15) is 15.3 Å². The van der Waals surface area contributed by atoms with Crippen LogP contribution in [0.3, 0.4) is 0 Å². The predicted octanol–water partition coefficient (Wildman–Crippen LogP) is 15.3. The molecule has 9 aromatic carbocycles. The number of hydrogen-bond acceptors (Lipinski definition) is 12. The number of piperidine rings is 2. The van der Waals surface area contributed by atoms with Crippen LogP contribution < -0.4 is 31.9 Å². The molecule has 122 heavy (non-hydrogen) atoms. The van der Waals surface area contributed by atoms with Gasteiger partial charge >= 0.3 is 0 Å². The average Bonchev–Trinajstić information content (AvgIpc) is 1.57. The average molecular weight is 1650 g/mol. The summed E-state index contributed by atoms with van der Waals surface area (Å²) in [6, 6.07) is 53.1. The lowest BCUT2D eigenvalue weighted by Crippen LogP contribution is -2.50. The summed E-state index contributed by atoms with van der Waals surface area (Å²) >= 11 is 0. The minimum absolute atomic E-state index is 0.0491. The first-order valence-corrected chi connectivity index (χ1v) is 40.6. The number of rotatable bonds is 21. The highest BCUT2D eigenvalue weighted by Crippen LogP contribution is 2.48. The van der Waals surface area contributed by atoms with E-state index < -0.39 is 28.3 Å². The third-order valence-electron chi connectivity index (χ3n) is 23.1. The number of halogens is 3. The fraction of sp³-hybridized carbons (Fsp3) is 0.274. The number of aromatic nitrogens is 9. The smallest absolute Gasteiger partial charge is 0.251 e. The Morgan fingerprint density at radius 1 is 0.410 bits per heavy atom. The van der Waals surface area contributed by atoms with Crippen LogP contribution in [0.2, 0.25) is 0 Å². The van der Waals surface area contributed by atoms with Crippen molar-refractivity contribution in [2.24, 2.45) is 0 Å². The van der Waals surface area contributed by atoms with E-state index in [1.54, 1.807) is 101 Å². The highest BCUT2D eigenvalue weighted by molar-refractivity contribution is 6.10. The Kier molecular flexibility index (Phi) is 22.9. The van der Waals surface area contributed by atoms with Crippen LogP contribution in [0.15, 0.2) is 201 Å². The zero-order valence-corrected chi connectivity index (χ0v) is 69.1. The molecule has 18 rings (SSSR count). The highest BCUT2D eigenvalue weighted by Gasteiger charge is 2.38. The number of methoxy groups -OCH3 is 3. The number of benzene rings is 9. The Labute approximate surface area is 700 Å². The number of H-pyrrole nitrogens is 3. The van der Waals surface area contributed by atoms with Crippen molar-refractivity contribution in [2.75, 3.05) is 60.8 Å². The van der Waals surface area contributed by atoms with Crippen molar-refractivity contribution in [3.63, 3.8) is 0 Å². The number of aromatic amines is 3. The lowest BCUT2D eigenvalue weighted by molar-refractivity contribution is -0.124. The first-order valence-electron chi connectivity index (χ1n) is 40.6. The van der Waals surface area contributed by atoms with Crippen molar-refractivity contribution in [1.29, 1.82) is 0 Å². The quantitative estimate of drug-likeness (QED) is 0.0324. The second-order valence-electron chi connectivity index (χ2n) is 33.3. The van der Waals surface area contributed by atoms with Gasteiger partial charge in [0.1, 0.15) is 29.5 Å². The minimum atomic E-state index is -0.525. The number of ether oxygens (including phenoxy) is 3. The van der Waals surface area contributed by atoms with E-state index in [-0.39, 0.29) is 65.4 Å². The first kappa shape index (κ1) is 82.2. The lowest BCUT2D eigenvalue weighted by atomic mass is 9.84. The summed E-state index contributed by atoms with van der Waals surface area (Å²) in [6.45, 7) is 15.8. The van der Waals surface area contributed by atoms with E-state index in [1.807, 2.05) is 48.5 Å². The van der Waals surface area contributed by atoms with Gasteiger partial charge in [-0.25, -0.2) is 13.2 Å². The molecule has 0 radical (unpaired) electrons. The molecule has 24 nitrogen and oxygen atoms in total. The second-order valence-corrected chi connectivity index (χ2v) is 33.3. The number of amides is 6. The Hall–Kier alpha value is -13.5. The molecule has 3 aliphatic rings. The Morgan fingerprint density at radius 3 is 1.04 bits per heavy atom. The van der Waals surface area contributed by atoms with Gasteiger partial charge in [-0.1, -0.05) is 77.9 Å². The van der Waals surface area contributed by atoms with Crippen LogP contribution in [0, 0.1) is 17.5 Å². The van der Waals surface area contributed by atoms with Crippen LogP contribution >= 0.6 is 0 Å². The summed E-state index contributed by atoms with van der Waals surface area (Å²) in [5.41, 5.74) is 16.9. The summed E-state index contributed by atoms with van der Waals surface area (Å²) in [5.74, 6) is -2.05. The molecule has 6 aromatic heterocycles. The van der Waals surface area contributed by atoms with Gasteiger partial charge in [0.25, 0.3) is 17.7 Å². The predicted molar refractivity (Wildman–Crippen MR) is 466 cm³/mol. The number of nitrogens with zero attached hydrogens (tertiary/aromatic N) is 6. The Morgan fingerprint density at radius 2 is 0.730 bits per heavy atom. The first-order chi connectivity index (χ1) is 58.8. The molecule has 9 heterocycles. The van der Waals surface area contributed by atoms with Crippen molar-refractivity contribution in [3.05, 3.63) is 252 Å². The molecule has 27 heteroatoms. The molecule has 0 spiro atoms. The largest absolute Gasteiger partial charge is 0.384 e. The van der Waals surface area contributed by atoms with Gasteiger partial charge in [0.2, 0.25) is 17.7 Å². The third kappa shape index (κ3) is 16.3. The maximum Gasteiger partial charge on any atom is 0.251 e. The topological polar surface area (TPSA) is 303 Å². The summed E-state index contributed by atoms with van der Waals surface area (Å²) in [4.78, 5) is 74.8. The molecule has 0 saturated carbocycles. The van der Waals surface area contributed by atoms with Crippen molar-refractivity contribution in [1.82, 2.24) is 76.2 Å². The molecule has 3 atom stereocenters. The molecule has 2 unspecified atom stereocenters. The Bertz CT molecular complexity index is 6480. The van der Waals surface area contributed by atoms with Gasteiger partial charge in [0.15, 0.2) is 0 Å². The van der Waals surface area contributed by atoms with Crippen LogP contribution in [0.5, 0.6) is 0 Å². The molecule has 3 saturated heterocycles. The number of carbonyl (C=O) groups is 6. The van der Waals surface area contributed by atoms with Crippen molar-refractivity contribution in [2.45, 2.75) is 108 Å². The van der Waals surface area contributed by atoms with Crippen molar-refractivity contribution >= 4 is 101 Å². The third-order valence-corrected chi connectivity index (χ3v) is 23.1. The van der Waals surface area contributed by atoms with Crippen LogP contribution in [-0.4, -0.2) is 159 Å². The summed E-state index contributed by atoms with van der Waals surface area (Å²) < 4.78 is 65.5. The normalized spacial score (nSPS) is 15.7. The number of hydrogen-bond donors (Lipinski definition) is 9. The Balaban J connectivity index is 0.000000136. The molecule has 3 fully saturated rings.